The number of amides is 2. The first kappa shape index (κ1) is 13.9. The van der Waals surface area contributed by atoms with Gasteiger partial charge in [-0.05, 0) is 43.0 Å². The summed E-state index contributed by atoms with van der Waals surface area (Å²) in [6.07, 6.45) is 6.51. The van der Waals surface area contributed by atoms with Crippen molar-refractivity contribution in [1.29, 1.82) is 0 Å². The zero-order valence-electron chi connectivity index (χ0n) is 12.3. The molecule has 1 saturated carbocycles. The van der Waals surface area contributed by atoms with Crippen molar-refractivity contribution in [1.82, 2.24) is 10.3 Å². The van der Waals surface area contributed by atoms with Crippen LogP contribution in [-0.4, -0.2) is 17.1 Å². The number of rotatable bonds is 2. The molecule has 2 unspecified atom stereocenters. The average molecular weight is 283 g/mol. The van der Waals surface area contributed by atoms with Gasteiger partial charge in [0, 0.05) is 17.6 Å². The van der Waals surface area contributed by atoms with Crippen molar-refractivity contribution < 1.29 is 4.79 Å². The molecule has 4 nitrogen and oxygen atoms in total. The summed E-state index contributed by atoms with van der Waals surface area (Å²) in [6.45, 7) is 2.21. The average Bonchev–Trinajstić information content (AvgIpc) is 2.50. The summed E-state index contributed by atoms with van der Waals surface area (Å²) in [5, 5.41) is 7.04. The van der Waals surface area contributed by atoms with E-state index in [1.54, 1.807) is 6.20 Å². The number of nitrogens with zero attached hydrogens (tertiary/aromatic N) is 1. The second-order valence-electron chi connectivity index (χ2n) is 5.84. The number of nitrogens with one attached hydrogen (secondary N) is 2. The van der Waals surface area contributed by atoms with Crippen LogP contribution in [0.1, 0.15) is 32.6 Å². The fourth-order valence-electron chi connectivity index (χ4n) is 3.07. The third-order valence-electron chi connectivity index (χ3n) is 4.32. The predicted molar refractivity (Wildman–Crippen MR) is 85.3 cm³/mol. The fraction of sp³-hybridized carbons (Fsp3) is 0.412. The molecular weight excluding hydrogens is 262 g/mol. The quantitative estimate of drug-likeness (QED) is 0.877. The van der Waals surface area contributed by atoms with Gasteiger partial charge in [-0.2, -0.15) is 0 Å². The van der Waals surface area contributed by atoms with E-state index in [0.717, 1.165) is 23.0 Å². The first-order valence-corrected chi connectivity index (χ1v) is 7.65. The highest BCUT2D eigenvalue weighted by molar-refractivity contribution is 6.00. The van der Waals surface area contributed by atoms with Crippen LogP contribution < -0.4 is 10.6 Å². The third kappa shape index (κ3) is 3.15. The topological polar surface area (TPSA) is 54.0 Å². The lowest BCUT2D eigenvalue weighted by Gasteiger charge is -2.29. The minimum absolute atomic E-state index is 0.120. The Morgan fingerprint density at radius 1 is 1.19 bits per heavy atom. The number of hydrogen-bond acceptors (Lipinski definition) is 2. The SMILES string of the molecule is CC1CCCCC1NC(=O)Nc1cccc2ncccc12. The van der Waals surface area contributed by atoms with Crippen LogP contribution in [0, 0.1) is 5.92 Å². The number of anilines is 1. The van der Waals surface area contributed by atoms with E-state index in [-0.39, 0.29) is 12.1 Å². The van der Waals surface area contributed by atoms with Gasteiger partial charge in [-0.25, -0.2) is 4.79 Å². The molecule has 1 aliphatic rings. The standard InChI is InChI=1S/C17H21N3O/c1-12-6-2-3-8-14(12)19-17(21)20-16-10-4-9-15-13(16)7-5-11-18-15/h4-5,7,9-12,14H,2-3,6,8H2,1H3,(H2,19,20,21). The van der Waals surface area contributed by atoms with E-state index in [1.165, 1.54) is 19.3 Å². The Hall–Kier alpha value is -2.10. The predicted octanol–water partition coefficient (Wildman–Crippen LogP) is 3.94. The Bertz CT molecular complexity index is 635. The summed E-state index contributed by atoms with van der Waals surface area (Å²) in [5.74, 6) is 0.554. The molecular formula is C17H21N3O. The molecule has 0 radical (unpaired) electrons. The van der Waals surface area contributed by atoms with Crippen molar-refractivity contribution in [3.8, 4) is 0 Å². The molecule has 0 spiro atoms. The minimum atomic E-state index is -0.120. The van der Waals surface area contributed by atoms with Crippen molar-refractivity contribution >= 4 is 22.6 Å². The molecule has 2 atom stereocenters. The summed E-state index contributed by atoms with van der Waals surface area (Å²) >= 11 is 0. The normalized spacial score (nSPS) is 22.0. The van der Waals surface area contributed by atoms with Gasteiger partial charge in [-0.1, -0.05) is 25.8 Å². The molecule has 3 rings (SSSR count). The van der Waals surface area contributed by atoms with Crippen molar-refractivity contribution in [2.75, 3.05) is 5.32 Å². The molecule has 110 valence electrons. The highest BCUT2D eigenvalue weighted by atomic mass is 16.2. The number of aromatic nitrogens is 1. The van der Waals surface area contributed by atoms with Gasteiger partial charge in [0.2, 0.25) is 0 Å². The maximum atomic E-state index is 12.2. The van der Waals surface area contributed by atoms with E-state index in [4.69, 9.17) is 0 Å². The molecule has 0 saturated heterocycles. The fourth-order valence-corrected chi connectivity index (χ4v) is 3.07. The lowest BCUT2D eigenvalue weighted by molar-refractivity contribution is 0.232. The van der Waals surface area contributed by atoms with Crippen LogP contribution >= 0.6 is 0 Å². The Morgan fingerprint density at radius 2 is 2.05 bits per heavy atom. The van der Waals surface area contributed by atoms with Gasteiger partial charge in [0.25, 0.3) is 0 Å². The van der Waals surface area contributed by atoms with Gasteiger partial charge < -0.3 is 10.6 Å². The summed E-state index contributed by atoms with van der Waals surface area (Å²) in [5.41, 5.74) is 1.70. The van der Waals surface area contributed by atoms with Crippen LogP contribution in [0.2, 0.25) is 0 Å². The third-order valence-corrected chi connectivity index (χ3v) is 4.32. The monoisotopic (exact) mass is 283 g/mol. The molecule has 2 N–H and O–H groups in total. The molecule has 1 aromatic heterocycles. The molecule has 1 heterocycles. The van der Waals surface area contributed by atoms with Gasteiger partial charge in [0.15, 0.2) is 0 Å². The summed E-state index contributed by atoms with van der Waals surface area (Å²) in [7, 11) is 0. The van der Waals surface area contributed by atoms with Crippen LogP contribution in [0.25, 0.3) is 10.9 Å². The van der Waals surface area contributed by atoms with Crippen LogP contribution in [0.3, 0.4) is 0 Å². The zero-order valence-corrected chi connectivity index (χ0v) is 12.3. The molecule has 0 aliphatic heterocycles. The number of hydrogen-bond donors (Lipinski definition) is 2. The second kappa shape index (κ2) is 6.12. The lowest BCUT2D eigenvalue weighted by Crippen LogP contribution is -2.43. The van der Waals surface area contributed by atoms with Crippen LogP contribution in [0.5, 0.6) is 0 Å². The summed E-state index contributed by atoms with van der Waals surface area (Å²) in [4.78, 5) is 16.5. The van der Waals surface area contributed by atoms with Crippen molar-refractivity contribution in [3.63, 3.8) is 0 Å². The Balaban J connectivity index is 1.71. The lowest BCUT2D eigenvalue weighted by atomic mass is 9.86. The van der Waals surface area contributed by atoms with Gasteiger partial charge in [0.05, 0.1) is 11.2 Å². The Labute approximate surface area is 125 Å². The molecule has 21 heavy (non-hydrogen) atoms. The van der Waals surface area contributed by atoms with Crippen LogP contribution in [0.15, 0.2) is 36.5 Å². The van der Waals surface area contributed by atoms with Gasteiger partial charge in [0.1, 0.15) is 0 Å². The molecule has 4 heteroatoms. The Kier molecular flexibility index (Phi) is 4.04. The Morgan fingerprint density at radius 3 is 2.90 bits per heavy atom. The van der Waals surface area contributed by atoms with E-state index in [2.05, 4.69) is 22.5 Å². The summed E-state index contributed by atoms with van der Waals surface area (Å²) < 4.78 is 0. The van der Waals surface area contributed by atoms with E-state index in [9.17, 15) is 4.79 Å². The maximum Gasteiger partial charge on any atom is 0.319 e. The van der Waals surface area contributed by atoms with E-state index < -0.39 is 0 Å². The number of carbonyl (C=O) groups is 1. The minimum Gasteiger partial charge on any atom is -0.335 e. The largest absolute Gasteiger partial charge is 0.335 e. The number of fused-ring (bicyclic) bond motifs is 1. The number of carbonyl (C=O) groups excluding carboxylic acids is 1. The molecule has 1 aliphatic carbocycles. The van der Waals surface area contributed by atoms with Crippen LogP contribution in [0.4, 0.5) is 10.5 Å². The van der Waals surface area contributed by atoms with E-state index in [1.807, 2.05) is 30.3 Å². The molecule has 1 aromatic carbocycles. The van der Waals surface area contributed by atoms with Crippen molar-refractivity contribution in [2.24, 2.45) is 5.92 Å². The first-order valence-electron chi connectivity index (χ1n) is 7.65. The van der Waals surface area contributed by atoms with E-state index in [0.29, 0.717) is 5.92 Å². The molecule has 2 amide bonds. The molecule has 1 fully saturated rings. The van der Waals surface area contributed by atoms with Crippen molar-refractivity contribution in [3.05, 3.63) is 36.5 Å². The van der Waals surface area contributed by atoms with Gasteiger partial charge in [-0.3, -0.25) is 4.98 Å². The highest BCUT2D eigenvalue weighted by Gasteiger charge is 2.22. The van der Waals surface area contributed by atoms with Gasteiger partial charge >= 0.3 is 6.03 Å². The highest BCUT2D eigenvalue weighted by Crippen LogP contribution is 2.24. The second-order valence-corrected chi connectivity index (χ2v) is 5.84. The van der Waals surface area contributed by atoms with Crippen LogP contribution in [-0.2, 0) is 0 Å². The number of urea groups is 1. The number of benzene rings is 1. The smallest absolute Gasteiger partial charge is 0.319 e. The molecule has 0 bridgehead atoms. The van der Waals surface area contributed by atoms with E-state index >= 15 is 0 Å². The zero-order chi connectivity index (χ0) is 14.7. The van der Waals surface area contributed by atoms with Crippen molar-refractivity contribution in [2.45, 2.75) is 38.6 Å². The first-order chi connectivity index (χ1) is 10.2. The molecule has 2 aromatic rings. The maximum absolute atomic E-state index is 12.2. The summed E-state index contributed by atoms with van der Waals surface area (Å²) in [6, 6.07) is 9.79. The number of pyridine rings is 1. The van der Waals surface area contributed by atoms with Gasteiger partial charge in [-0.15, -0.1) is 0 Å².